The Balaban J connectivity index is 2.70. The van der Waals surface area contributed by atoms with Gasteiger partial charge in [-0.15, -0.1) is 0 Å². The fraction of sp³-hybridized carbons (Fsp3) is 0.667. The quantitative estimate of drug-likeness (QED) is 0.643. The number of amides is 2. The van der Waals surface area contributed by atoms with Gasteiger partial charge in [0.05, 0.1) is 13.0 Å². The van der Waals surface area contributed by atoms with Gasteiger partial charge in [0.15, 0.2) is 0 Å². The Morgan fingerprint density at radius 2 is 2.27 bits per heavy atom. The predicted octanol–water partition coefficient (Wildman–Crippen LogP) is -0.803. The molecule has 2 amide bonds. The maximum Gasteiger partial charge on any atom is 0.305 e. The molecule has 1 rings (SSSR count). The maximum atomic E-state index is 11.6. The van der Waals surface area contributed by atoms with E-state index in [2.05, 4.69) is 5.32 Å². The van der Waals surface area contributed by atoms with Crippen LogP contribution < -0.4 is 5.32 Å². The maximum absolute atomic E-state index is 11.6. The first-order valence-electron chi connectivity index (χ1n) is 4.73. The summed E-state index contributed by atoms with van der Waals surface area (Å²) in [7, 11) is 0. The van der Waals surface area contributed by atoms with E-state index in [0.29, 0.717) is 0 Å². The highest BCUT2D eigenvalue weighted by Crippen LogP contribution is 2.09. The first-order chi connectivity index (χ1) is 6.91. The monoisotopic (exact) mass is 214 g/mol. The lowest BCUT2D eigenvalue weighted by atomic mass is 10.1. The summed E-state index contributed by atoms with van der Waals surface area (Å²) in [4.78, 5) is 34.6. The Labute approximate surface area is 87.2 Å². The molecule has 1 aliphatic rings. The fourth-order valence-corrected chi connectivity index (χ4v) is 1.57. The van der Waals surface area contributed by atoms with Gasteiger partial charge in [0.1, 0.15) is 6.04 Å². The number of nitrogens with zero attached hydrogens (tertiary/aromatic N) is 1. The van der Waals surface area contributed by atoms with Crippen LogP contribution in [0.4, 0.5) is 0 Å². The molecule has 1 saturated heterocycles. The van der Waals surface area contributed by atoms with Crippen molar-refractivity contribution in [3.63, 3.8) is 0 Å². The molecule has 0 saturated carbocycles. The van der Waals surface area contributed by atoms with E-state index in [4.69, 9.17) is 5.11 Å². The Morgan fingerprint density at radius 1 is 1.67 bits per heavy atom. The molecule has 0 aromatic rings. The molecule has 0 aromatic heterocycles. The van der Waals surface area contributed by atoms with Gasteiger partial charge in [-0.1, -0.05) is 0 Å². The Kier molecular flexibility index (Phi) is 3.28. The molecular formula is C9H14N2O4. The van der Waals surface area contributed by atoms with Gasteiger partial charge < -0.3 is 15.3 Å². The van der Waals surface area contributed by atoms with Crippen LogP contribution >= 0.6 is 0 Å². The van der Waals surface area contributed by atoms with Crippen molar-refractivity contribution < 1.29 is 19.5 Å². The molecule has 0 aliphatic carbocycles. The van der Waals surface area contributed by atoms with Gasteiger partial charge >= 0.3 is 5.97 Å². The van der Waals surface area contributed by atoms with Crippen LogP contribution in [0.3, 0.4) is 0 Å². The van der Waals surface area contributed by atoms with Gasteiger partial charge in [0.25, 0.3) is 0 Å². The van der Waals surface area contributed by atoms with E-state index >= 15 is 0 Å². The molecular weight excluding hydrogens is 200 g/mol. The number of hydrogen-bond donors (Lipinski definition) is 2. The van der Waals surface area contributed by atoms with Crippen LogP contribution in [0.5, 0.6) is 0 Å². The van der Waals surface area contributed by atoms with Gasteiger partial charge in [-0.2, -0.15) is 0 Å². The van der Waals surface area contributed by atoms with E-state index in [0.717, 1.165) is 0 Å². The SMILES string of the molecule is CC1NC(=O)CN(C(C)CC(=O)O)C1=O. The lowest BCUT2D eigenvalue weighted by Gasteiger charge is -2.34. The molecule has 6 nitrogen and oxygen atoms in total. The zero-order chi connectivity index (χ0) is 11.6. The van der Waals surface area contributed by atoms with E-state index in [1.54, 1.807) is 13.8 Å². The first kappa shape index (κ1) is 11.5. The highest BCUT2D eigenvalue weighted by atomic mass is 16.4. The second kappa shape index (κ2) is 4.29. The lowest BCUT2D eigenvalue weighted by Crippen LogP contribution is -2.59. The van der Waals surface area contributed by atoms with Crippen molar-refractivity contribution >= 4 is 17.8 Å². The molecule has 1 fully saturated rings. The topological polar surface area (TPSA) is 86.7 Å². The molecule has 2 N–H and O–H groups in total. The standard InChI is InChI=1S/C9H14N2O4/c1-5(3-8(13)14)11-4-7(12)10-6(2)9(11)15/h5-6H,3-4H2,1-2H3,(H,10,12)(H,13,14). The number of rotatable bonds is 3. The summed E-state index contributed by atoms with van der Waals surface area (Å²) < 4.78 is 0. The van der Waals surface area contributed by atoms with E-state index in [-0.39, 0.29) is 24.8 Å². The van der Waals surface area contributed by atoms with Crippen LogP contribution in [-0.4, -0.2) is 46.4 Å². The van der Waals surface area contributed by atoms with E-state index < -0.39 is 18.1 Å². The van der Waals surface area contributed by atoms with Gasteiger partial charge in [-0.3, -0.25) is 14.4 Å². The second-order valence-electron chi connectivity index (χ2n) is 3.70. The summed E-state index contributed by atoms with van der Waals surface area (Å²) in [5, 5.41) is 11.1. The molecule has 6 heteroatoms. The summed E-state index contributed by atoms with van der Waals surface area (Å²) in [5.74, 6) is -1.46. The van der Waals surface area contributed by atoms with Crippen LogP contribution in [0.1, 0.15) is 20.3 Å². The minimum absolute atomic E-state index is 0.0579. The van der Waals surface area contributed by atoms with E-state index in [1.807, 2.05) is 0 Å². The third-order valence-corrected chi connectivity index (χ3v) is 2.35. The Hall–Kier alpha value is -1.59. The second-order valence-corrected chi connectivity index (χ2v) is 3.70. The molecule has 84 valence electrons. The fourth-order valence-electron chi connectivity index (χ4n) is 1.57. The summed E-state index contributed by atoms with van der Waals surface area (Å²) >= 11 is 0. The number of piperazine rings is 1. The third kappa shape index (κ3) is 2.68. The Morgan fingerprint density at radius 3 is 2.80 bits per heavy atom. The van der Waals surface area contributed by atoms with Gasteiger partial charge in [0, 0.05) is 6.04 Å². The van der Waals surface area contributed by atoms with Crippen LogP contribution in [-0.2, 0) is 14.4 Å². The zero-order valence-electron chi connectivity index (χ0n) is 8.69. The van der Waals surface area contributed by atoms with Crippen LogP contribution in [0.15, 0.2) is 0 Å². The van der Waals surface area contributed by atoms with Gasteiger partial charge in [0.2, 0.25) is 11.8 Å². The number of carbonyl (C=O) groups excluding carboxylic acids is 2. The smallest absolute Gasteiger partial charge is 0.305 e. The minimum Gasteiger partial charge on any atom is -0.481 e. The third-order valence-electron chi connectivity index (χ3n) is 2.35. The molecule has 1 heterocycles. The summed E-state index contributed by atoms with van der Waals surface area (Å²) in [6.45, 7) is 3.15. The Bertz CT molecular complexity index is 302. The number of nitrogens with one attached hydrogen (secondary N) is 1. The number of hydrogen-bond acceptors (Lipinski definition) is 3. The lowest BCUT2D eigenvalue weighted by molar-refractivity contribution is -0.148. The minimum atomic E-state index is -0.978. The highest BCUT2D eigenvalue weighted by Gasteiger charge is 2.32. The van der Waals surface area contributed by atoms with Crippen molar-refractivity contribution in [1.29, 1.82) is 0 Å². The zero-order valence-corrected chi connectivity index (χ0v) is 8.69. The predicted molar refractivity (Wildman–Crippen MR) is 51.0 cm³/mol. The molecule has 0 bridgehead atoms. The largest absolute Gasteiger partial charge is 0.481 e. The molecule has 2 atom stereocenters. The molecule has 0 aromatic carbocycles. The van der Waals surface area contributed by atoms with Crippen molar-refractivity contribution in [2.45, 2.75) is 32.4 Å². The average molecular weight is 214 g/mol. The average Bonchev–Trinajstić information content (AvgIpc) is 2.09. The highest BCUT2D eigenvalue weighted by molar-refractivity contribution is 5.94. The van der Waals surface area contributed by atoms with Crippen LogP contribution in [0, 0.1) is 0 Å². The van der Waals surface area contributed by atoms with Crippen LogP contribution in [0.2, 0.25) is 0 Å². The number of carboxylic acid groups (broad SMARTS) is 1. The normalized spacial score (nSPS) is 23.6. The summed E-state index contributed by atoms with van der Waals surface area (Å²) in [6, 6.07) is -1.02. The van der Waals surface area contributed by atoms with Crippen molar-refractivity contribution in [1.82, 2.24) is 10.2 Å². The molecule has 0 spiro atoms. The van der Waals surface area contributed by atoms with Crippen molar-refractivity contribution in [2.24, 2.45) is 0 Å². The summed E-state index contributed by atoms with van der Waals surface area (Å²) in [6.07, 6.45) is -0.147. The molecule has 1 aliphatic heterocycles. The first-order valence-corrected chi connectivity index (χ1v) is 4.73. The van der Waals surface area contributed by atoms with Crippen molar-refractivity contribution in [2.75, 3.05) is 6.54 Å². The number of carbonyl (C=O) groups is 3. The van der Waals surface area contributed by atoms with E-state index in [9.17, 15) is 14.4 Å². The summed E-state index contributed by atoms with van der Waals surface area (Å²) in [5.41, 5.74) is 0. The van der Waals surface area contributed by atoms with Gasteiger partial charge in [-0.25, -0.2) is 0 Å². The molecule has 2 unspecified atom stereocenters. The van der Waals surface area contributed by atoms with E-state index in [1.165, 1.54) is 4.90 Å². The number of carboxylic acids is 1. The number of aliphatic carboxylic acids is 1. The molecule has 15 heavy (non-hydrogen) atoms. The van der Waals surface area contributed by atoms with Crippen LogP contribution in [0.25, 0.3) is 0 Å². The molecule has 0 radical (unpaired) electrons. The van der Waals surface area contributed by atoms with Gasteiger partial charge in [-0.05, 0) is 13.8 Å². The van der Waals surface area contributed by atoms with Crippen molar-refractivity contribution in [3.8, 4) is 0 Å². The van der Waals surface area contributed by atoms with Crippen molar-refractivity contribution in [3.05, 3.63) is 0 Å².